The summed E-state index contributed by atoms with van der Waals surface area (Å²) in [5.41, 5.74) is 2.53. The van der Waals surface area contributed by atoms with Crippen molar-refractivity contribution in [2.75, 3.05) is 6.54 Å². The number of hydrogen-bond donors (Lipinski definition) is 1. The highest BCUT2D eigenvalue weighted by atomic mass is 19.4. The molecule has 0 spiro atoms. The summed E-state index contributed by atoms with van der Waals surface area (Å²) < 4.78 is 36.5. The van der Waals surface area contributed by atoms with Gasteiger partial charge in [-0.15, -0.1) is 0 Å². The Kier molecular flexibility index (Phi) is 7.06. The monoisotopic (exact) mass is 287 g/mol. The predicted molar refractivity (Wildman–Crippen MR) is 76.9 cm³/mol. The third-order valence-corrected chi connectivity index (χ3v) is 3.53. The Hall–Kier alpha value is -1.03. The molecule has 0 bridgehead atoms. The van der Waals surface area contributed by atoms with E-state index in [9.17, 15) is 13.2 Å². The van der Waals surface area contributed by atoms with E-state index < -0.39 is 12.6 Å². The van der Waals surface area contributed by atoms with Crippen LogP contribution in [0.5, 0.6) is 0 Å². The summed E-state index contributed by atoms with van der Waals surface area (Å²) in [7, 11) is 0. The summed E-state index contributed by atoms with van der Waals surface area (Å²) in [6.45, 7) is 4.86. The number of halogens is 3. The zero-order valence-electron chi connectivity index (χ0n) is 12.3. The molecule has 0 saturated heterocycles. The van der Waals surface area contributed by atoms with Crippen LogP contribution in [0, 0.1) is 6.92 Å². The lowest BCUT2D eigenvalue weighted by atomic mass is 9.98. The van der Waals surface area contributed by atoms with Crippen molar-refractivity contribution in [2.45, 2.75) is 58.2 Å². The van der Waals surface area contributed by atoms with Crippen LogP contribution in [0.1, 0.15) is 43.7 Å². The molecule has 0 saturated carbocycles. The first-order chi connectivity index (χ1) is 9.42. The zero-order chi connectivity index (χ0) is 15.0. The first-order valence-electron chi connectivity index (χ1n) is 7.27. The maximum absolute atomic E-state index is 12.2. The normalized spacial score (nSPS) is 13.4. The molecule has 0 aliphatic rings. The van der Waals surface area contributed by atoms with E-state index in [0.29, 0.717) is 6.42 Å². The average Bonchev–Trinajstić information content (AvgIpc) is 2.36. The van der Waals surface area contributed by atoms with E-state index in [1.54, 1.807) is 0 Å². The van der Waals surface area contributed by atoms with E-state index in [1.807, 2.05) is 19.1 Å². The molecule has 114 valence electrons. The molecule has 1 aromatic carbocycles. The van der Waals surface area contributed by atoms with Gasteiger partial charge in [-0.05, 0) is 50.3 Å². The summed E-state index contributed by atoms with van der Waals surface area (Å²) in [6, 6.07) is 8.34. The van der Waals surface area contributed by atoms with Gasteiger partial charge in [0.05, 0.1) is 0 Å². The second-order valence-electron chi connectivity index (χ2n) is 5.23. The maximum atomic E-state index is 12.2. The maximum Gasteiger partial charge on any atom is 0.389 e. The van der Waals surface area contributed by atoms with E-state index in [0.717, 1.165) is 19.4 Å². The summed E-state index contributed by atoms with van der Waals surface area (Å²) in [5.74, 6) is 0. The van der Waals surface area contributed by atoms with Crippen LogP contribution in [0.2, 0.25) is 0 Å². The Bertz CT molecular complexity index is 388. The smallest absolute Gasteiger partial charge is 0.314 e. The first kappa shape index (κ1) is 17.0. The highest BCUT2D eigenvalue weighted by Crippen LogP contribution is 2.23. The topological polar surface area (TPSA) is 12.0 Å². The molecule has 1 rings (SSSR count). The molecular formula is C16H24F3N. The van der Waals surface area contributed by atoms with Gasteiger partial charge in [0, 0.05) is 12.5 Å². The molecule has 4 heteroatoms. The van der Waals surface area contributed by atoms with Gasteiger partial charge in [0.1, 0.15) is 0 Å². The molecule has 0 aromatic heterocycles. The molecule has 20 heavy (non-hydrogen) atoms. The lowest BCUT2D eigenvalue weighted by Gasteiger charge is -2.18. The van der Waals surface area contributed by atoms with Crippen LogP contribution in [0.3, 0.4) is 0 Å². The van der Waals surface area contributed by atoms with Crippen LogP contribution in [-0.4, -0.2) is 18.8 Å². The quantitative estimate of drug-likeness (QED) is 0.734. The third-order valence-electron chi connectivity index (χ3n) is 3.53. The van der Waals surface area contributed by atoms with E-state index in [4.69, 9.17) is 0 Å². The Morgan fingerprint density at radius 3 is 2.45 bits per heavy atom. The van der Waals surface area contributed by atoms with E-state index in [2.05, 4.69) is 24.4 Å². The first-order valence-corrected chi connectivity index (χ1v) is 7.27. The Morgan fingerprint density at radius 1 is 1.15 bits per heavy atom. The molecular weight excluding hydrogens is 263 g/mol. The lowest BCUT2D eigenvalue weighted by molar-refractivity contribution is -0.135. The lowest BCUT2D eigenvalue weighted by Crippen LogP contribution is -2.29. The molecule has 1 nitrogen and oxygen atoms in total. The Labute approximate surface area is 119 Å². The summed E-state index contributed by atoms with van der Waals surface area (Å²) in [4.78, 5) is 0. The van der Waals surface area contributed by atoms with Crippen molar-refractivity contribution in [1.82, 2.24) is 5.32 Å². The van der Waals surface area contributed by atoms with Crippen molar-refractivity contribution >= 4 is 0 Å². The van der Waals surface area contributed by atoms with Crippen LogP contribution in [0.25, 0.3) is 0 Å². The molecule has 0 aliphatic heterocycles. The molecule has 1 N–H and O–H groups in total. The van der Waals surface area contributed by atoms with Gasteiger partial charge in [-0.1, -0.05) is 31.2 Å². The van der Waals surface area contributed by atoms with Gasteiger partial charge >= 0.3 is 6.18 Å². The van der Waals surface area contributed by atoms with Crippen molar-refractivity contribution in [2.24, 2.45) is 0 Å². The predicted octanol–water partition coefficient (Wildman–Crippen LogP) is 4.64. The van der Waals surface area contributed by atoms with Crippen molar-refractivity contribution in [3.05, 3.63) is 35.4 Å². The summed E-state index contributed by atoms with van der Waals surface area (Å²) >= 11 is 0. The minimum Gasteiger partial charge on any atom is -0.314 e. The van der Waals surface area contributed by atoms with Gasteiger partial charge < -0.3 is 5.32 Å². The fraction of sp³-hybridized carbons (Fsp3) is 0.625. The minimum absolute atomic E-state index is 0.168. The molecule has 1 aromatic rings. The molecule has 0 aliphatic carbocycles. The molecule has 0 fully saturated rings. The summed E-state index contributed by atoms with van der Waals surface area (Å²) in [5, 5.41) is 3.29. The van der Waals surface area contributed by atoms with Crippen molar-refractivity contribution in [1.29, 1.82) is 0 Å². The minimum atomic E-state index is -4.03. The van der Waals surface area contributed by atoms with Crippen LogP contribution in [0.15, 0.2) is 24.3 Å². The number of aryl methyl sites for hydroxylation is 2. The number of rotatable bonds is 8. The fourth-order valence-electron chi connectivity index (χ4n) is 2.41. The van der Waals surface area contributed by atoms with Crippen molar-refractivity contribution in [3.8, 4) is 0 Å². The third kappa shape index (κ3) is 6.94. The van der Waals surface area contributed by atoms with Gasteiger partial charge in [0.25, 0.3) is 0 Å². The van der Waals surface area contributed by atoms with Crippen LogP contribution < -0.4 is 5.32 Å². The average molecular weight is 287 g/mol. The van der Waals surface area contributed by atoms with Gasteiger partial charge in [-0.25, -0.2) is 0 Å². The van der Waals surface area contributed by atoms with Gasteiger partial charge in [0.2, 0.25) is 0 Å². The zero-order valence-corrected chi connectivity index (χ0v) is 12.3. The molecule has 0 heterocycles. The van der Waals surface area contributed by atoms with Crippen LogP contribution in [0.4, 0.5) is 13.2 Å². The SMILES string of the molecule is CCNC(CCCC(F)(F)F)CCc1ccccc1C. The molecule has 0 amide bonds. The van der Waals surface area contributed by atoms with Crippen molar-refractivity contribution in [3.63, 3.8) is 0 Å². The standard InChI is InChI=1S/C16H24F3N/c1-3-20-15(9-6-12-16(17,18)19)11-10-14-8-5-4-7-13(14)2/h4-5,7-8,15,20H,3,6,9-12H2,1-2H3. The molecule has 0 radical (unpaired) electrons. The van der Waals surface area contributed by atoms with E-state index in [-0.39, 0.29) is 12.5 Å². The number of nitrogens with one attached hydrogen (secondary N) is 1. The molecule has 1 unspecified atom stereocenters. The van der Waals surface area contributed by atoms with Crippen LogP contribution >= 0.6 is 0 Å². The van der Waals surface area contributed by atoms with Gasteiger partial charge in [-0.2, -0.15) is 13.2 Å². The second kappa shape index (κ2) is 8.30. The fourth-order valence-corrected chi connectivity index (χ4v) is 2.41. The number of hydrogen-bond acceptors (Lipinski definition) is 1. The number of alkyl halides is 3. The highest BCUT2D eigenvalue weighted by molar-refractivity contribution is 5.25. The summed E-state index contributed by atoms with van der Waals surface area (Å²) in [6.07, 6.45) is -2.13. The largest absolute Gasteiger partial charge is 0.389 e. The Balaban J connectivity index is 2.41. The number of benzene rings is 1. The van der Waals surface area contributed by atoms with Gasteiger partial charge in [-0.3, -0.25) is 0 Å². The van der Waals surface area contributed by atoms with E-state index >= 15 is 0 Å². The van der Waals surface area contributed by atoms with Gasteiger partial charge in [0.15, 0.2) is 0 Å². The van der Waals surface area contributed by atoms with Crippen molar-refractivity contribution < 1.29 is 13.2 Å². The van der Waals surface area contributed by atoms with E-state index in [1.165, 1.54) is 11.1 Å². The Morgan fingerprint density at radius 2 is 1.85 bits per heavy atom. The molecule has 1 atom stereocenters. The van der Waals surface area contributed by atoms with Crippen LogP contribution in [-0.2, 0) is 6.42 Å². The highest BCUT2D eigenvalue weighted by Gasteiger charge is 2.26. The second-order valence-corrected chi connectivity index (χ2v) is 5.23.